The van der Waals surface area contributed by atoms with E-state index in [1.54, 1.807) is 30.3 Å². The number of halogens is 3. The van der Waals surface area contributed by atoms with Gasteiger partial charge in [0.05, 0.1) is 65.4 Å². The summed E-state index contributed by atoms with van der Waals surface area (Å²) in [5.41, 5.74) is 3.84. The van der Waals surface area contributed by atoms with Gasteiger partial charge in [0.15, 0.2) is 0 Å². The number of rotatable bonds is 12. The van der Waals surface area contributed by atoms with Crippen molar-refractivity contribution in [3.63, 3.8) is 0 Å². The number of methoxy groups -OCH3 is 1. The topological polar surface area (TPSA) is 123 Å². The molecule has 2 aromatic carbocycles. The van der Waals surface area contributed by atoms with Gasteiger partial charge in [0.1, 0.15) is 17.6 Å². The molecular formula is C29H25Cl2FN8O2. The molecule has 0 spiro atoms. The van der Waals surface area contributed by atoms with Crippen molar-refractivity contribution in [3.8, 4) is 6.07 Å². The van der Waals surface area contributed by atoms with Crippen LogP contribution in [0.25, 0.3) is 10.9 Å². The van der Waals surface area contributed by atoms with E-state index in [1.807, 2.05) is 24.4 Å². The van der Waals surface area contributed by atoms with Gasteiger partial charge in [-0.05, 0) is 42.0 Å². The molecule has 0 saturated heterocycles. The molecule has 0 aliphatic heterocycles. The van der Waals surface area contributed by atoms with Gasteiger partial charge in [-0.1, -0.05) is 34.5 Å². The molecule has 0 bridgehead atoms. The van der Waals surface area contributed by atoms with Crippen LogP contribution in [0.5, 0.6) is 0 Å². The minimum atomic E-state index is -0.547. The molecule has 10 nitrogen and oxygen atoms in total. The molecule has 3 aromatic heterocycles. The van der Waals surface area contributed by atoms with Gasteiger partial charge in [0.25, 0.3) is 0 Å². The number of benzene rings is 2. The molecule has 0 aliphatic carbocycles. The van der Waals surface area contributed by atoms with Gasteiger partial charge in [0, 0.05) is 42.5 Å². The third kappa shape index (κ3) is 6.75. The summed E-state index contributed by atoms with van der Waals surface area (Å²) < 4.78 is 26.0. The Hall–Kier alpha value is -4.34. The Bertz CT molecular complexity index is 1730. The van der Waals surface area contributed by atoms with Crippen molar-refractivity contribution < 1.29 is 13.9 Å². The summed E-state index contributed by atoms with van der Waals surface area (Å²) in [6.45, 7) is 1.99. The summed E-state index contributed by atoms with van der Waals surface area (Å²) in [4.78, 5) is 8.68. The van der Waals surface area contributed by atoms with Crippen LogP contribution in [0.4, 0.5) is 21.5 Å². The quantitative estimate of drug-likeness (QED) is 0.161. The number of nitrogens with zero attached hydrogens (tertiary/aromatic N) is 6. The van der Waals surface area contributed by atoms with Gasteiger partial charge in [-0.3, -0.25) is 9.97 Å². The van der Waals surface area contributed by atoms with E-state index in [0.717, 1.165) is 5.56 Å². The Morgan fingerprint density at radius 2 is 1.93 bits per heavy atom. The summed E-state index contributed by atoms with van der Waals surface area (Å²) in [6, 6.07) is 13.3. The third-order valence-corrected chi connectivity index (χ3v) is 6.89. The Labute approximate surface area is 251 Å². The lowest BCUT2D eigenvalue weighted by molar-refractivity contribution is 0.0652. The van der Waals surface area contributed by atoms with Crippen molar-refractivity contribution in [2.24, 2.45) is 0 Å². The second kappa shape index (κ2) is 13.5. The number of anilines is 3. The summed E-state index contributed by atoms with van der Waals surface area (Å²) in [5, 5.41) is 26.1. The standard InChI is InChI=1S/C29H25Cl2FN8O2/c1-41-9-10-42-8-7-40-17-26(38-39-40)28(18-3-2-6-34-15-18)37-21-11-22-27(36-20-4-5-25(32)23(30)12-20)19(14-33)16-35-29(22)24(31)13-21/h2-6,11-13,15-17,28,37H,7-10H2,1H3,(H,35,36)/t28-/m0/s1. The van der Waals surface area contributed by atoms with Crippen molar-refractivity contribution in [2.45, 2.75) is 12.6 Å². The van der Waals surface area contributed by atoms with Crippen LogP contribution < -0.4 is 10.6 Å². The SMILES string of the molecule is COCCOCCn1cc([C@@H](Nc2cc(Cl)c3ncc(C#N)c(Nc4ccc(F)c(Cl)c4)c3c2)c2cccnc2)nn1. The van der Waals surface area contributed by atoms with Crippen molar-refractivity contribution in [3.05, 3.63) is 99.9 Å². The average molecular weight is 607 g/mol. The molecule has 0 radical (unpaired) electrons. The normalized spacial score (nSPS) is 11.8. The number of hydrogen-bond donors (Lipinski definition) is 2. The second-order valence-electron chi connectivity index (χ2n) is 9.14. The van der Waals surface area contributed by atoms with Crippen molar-refractivity contribution >= 4 is 51.2 Å². The van der Waals surface area contributed by atoms with E-state index in [-0.39, 0.29) is 10.6 Å². The maximum atomic E-state index is 13.8. The Balaban J connectivity index is 1.49. The predicted octanol–water partition coefficient (Wildman–Crippen LogP) is 6.15. The van der Waals surface area contributed by atoms with Crippen molar-refractivity contribution in [2.75, 3.05) is 37.6 Å². The number of fused-ring (bicyclic) bond motifs is 1. The highest BCUT2D eigenvalue weighted by Gasteiger charge is 2.20. The van der Waals surface area contributed by atoms with Crippen LogP contribution in [0.3, 0.4) is 0 Å². The molecule has 0 aliphatic rings. The average Bonchev–Trinajstić information content (AvgIpc) is 3.47. The molecule has 5 rings (SSSR count). The number of nitrogens with one attached hydrogen (secondary N) is 2. The fourth-order valence-corrected chi connectivity index (χ4v) is 4.73. The van der Waals surface area contributed by atoms with Crippen LogP contribution >= 0.6 is 23.2 Å². The zero-order valence-electron chi connectivity index (χ0n) is 22.4. The minimum Gasteiger partial charge on any atom is -0.382 e. The molecule has 3 heterocycles. The first-order chi connectivity index (χ1) is 20.5. The van der Waals surface area contributed by atoms with Crippen LogP contribution in [0.2, 0.25) is 10.0 Å². The van der Waals surface area contributed by atoms with Crippen LogP contribution in [-0.4, -0.2) is 51.9 Å². The Kier molecular flexibility index (Phi) is 9.41. The molecule has 5 aromatic rings. The smallest absolute Gasteiger partial charge is 0.141 e. The molecule has 0 saturated carbocycles. The number of aromatic nitrogens is 5. The van der Waals surface area contributed by atoms with Gasteiger partial charge < -0.3 is 20.1 Å². The zero-order valence-corrected chi connectivity index (χ0v) is 23.9. The van der Waals surface area contributed by atoms with Crippen LogP contribution in [0.1, 0.15) is 22.9 Å². The largest absolute Gasteiger partial charge is 0.382 e. The summed E-state index contributed by atoms with van der Waals surface area (Å²) in [7, 11) is 1.62. The number of hydrogen-bond acceptors (Lipinski definition) is 9. The molecule has 1 atom stereocenters. The van der Waals surface area contributed by atoms with Gasteiger partial charge in [-0.15, -0.1) is 5.10 Å². The molecule has 0 amide bonds. The number of pyridine rings is 2. The second-order valence-corrected chi connectivity index (χ2v) is 9.96. The van der Waals surface area contributed by atoms with Crippen molar-refractivity contribution in [1.82, 2.24) is 25.0 Å². The van der Waals surface area contributed by atoms with Gasteiger partial charge in [0.2, 0.25) is 0 Å². The van der Waals surface area contributed by atoms with Gasteiger partial charge >= 0.3 is 0 Å². The molecule has 0 unspecified atom stereocenters. The number of nitriles is 1. The first-order valence-electron chi connectivity index (χ1n) is 12.8. The maximum Gasteiger partial charge on any atom is 0.141 e. The summed E-state index contributed by atoms with van der Waals surface area (Å²) in [5.74, 6) is -0.547. The summed E-state index contributed by atoms with van der Waals surface area (Å²) >= 11 is 12.7. The summed E-state index contributed by atoms with van der Waals surface area (Å²) in [6.07, 6.45) is 6.71. The lowest BCUT2D eigenvalue weighted by atomic mass is 10.0. The number of ether oxygens (including phenoxy) is 2. The lowest BCUT2D eigenvalue weighted by Gasteiger charge is -2.19. The molecule has 2 N–H and O–H groups in total. The molecule has 13 heteroatoms. The molecular weight excluding hydrogens is 582 g/mol. The molecule has 214 valence electrons. The van der Waals surface area contributed by atoms with E-state index >= 15 is 0 Å². The van der Waals surface area contributed by atoms with E-state index < -0.39 is 11.9 Å². The Morgan fingerprint density at radius 3 is 2.69 bits per heavy atom. The zero-order chi connectivity index (χ0) is 29.5. The van der Waals surface area contributed by atoms with Crippen LogP contribution in [0.15, 0.2) is 67.3 Å². The predicted molar refractivity (Wildman–Crippen MR) is 159 cm³/mol. The lowest BCUT2D eigenvalue weighted by Crippen LogP contribution is -2.13. The highest BCUT2D eigenvalue weighted by atomic mass is 35.5. The first-order valence-corrected chi connectivity index (χ1v) is 13.6. The van der Waals surface area contributed by atoms with E-state index in [0.29, 0.717) is 65.0 Å². The van der Waals surface area contributed by atoms with Gasteiger partial charge in [-0.2, -0.15) is 5.26 Å². The van der Waals surface area contributed by atoms with E-state index in [9.17, 15) is 9.65 Å². The molecule has 42 heavy (non-hydrogen) atoms. The fraction of sp³-hybridized carbons (Fsp3) is 0.207. The first kappa shape index (κ1) is 29.2. The van der Waals surface area contributed by atoms with E-state index in [4.69, 9.17) is 32.7 Å². The van der Waals surface area contributed by atoms with Crippen LogP contribution in [-0.2, 0) is 16.0 Å². The highest BCUT2D eigenvalue weighted by molar-refractivity contribution is 6.36. The fourth-order valence-electron chi connectivity index (χ4n) is 4.28. The van der Waals surface area contributed by atoms with E-state index in [1.165, 1.54) is 24.4 Å². The van der Waals surface area contributed by atoms with Gasteiger partial charge in [-0.25, -0.2) is 9.07 Å². The van der Waals surface area contributed by atoms with Crippen molar-refractivity contribution in [1.29, 1.82) is 5.26 Å². The highest BCUT2D eigenvalue weighted by Crippen LogP contribution is 2.37. The molecule has 0 fully saturated rings. The van der Waals surface area contributed by atoms with Crippen LogP contribution in [0, 0.1) is 17.1 Å². The maximum absolute atomic E-state index is 13.8. The van der Waals surface area contributed by atoms with E-state index in [2.05, 4.69) is 37.0 Å². The monoisotopic (exact) mass is 606 g/mol. The Morgan fingerprint density at radius 1 is 1.07 bits per heavy atom. The third-order valence-electron chi connectivity index (χ3n) is 6.31. The minimum absolute atomic E-state index is 0.0499.